The number of hydrogen-bond acceptors (Lipinski definition) is 3. The molecule has 0 bridgehead atoms. The molecule has 5 heteroatoms. The molecule has 2 N–H and O–H groups in total. The van der Waals surface area contributed by atoms with Crippen molar-refractivity contribution in [2.45, 2.75) is 53.2 Å². The number of nitrogens with zero attached hydrogens (tertiary/aromatic N) is 1. The van der Waals surface area contributed by atoms with Crippen molar-refractivity contribution in [3.8, 4) is 5.75 Å². The molecule has 0 spiro atoms. The summed E-state index contributed by atoms with van der Waals surface area (Å²) in [5.74, 6) is 0.677. The molecule has 1 unspecified atom stereocenters. The van der Waals surface area contributed by atoms with Gasteiger partial charge in [0.1, 0.15) is 5.75 Å². The van der Waals surface area contributed by atoms with Gasteiger partial charge in [-0.05, 0) is 51.8 Å². The number of carbonyl (C=O) groups excluding carboxylic acids is 1. The van der Waals surface area contributed by atoms with Gasteiger partial charge in [-0.15, -0.1) is 0 Å². The second kappa shape index (κ2) is 8.63. The molecule has 1 atom stereocenters. The molecule has 0 saturated heterocycles. The second-order valence-corrected chi connectivity index (χ2v) is 5.87. The van der Waals surface area contributed by atoms with E-state index in [4.69, 9.17) is 4.74 Å². The SMILES string of the molecule is CCCOc1cc(C)ccc1NC(=O)N(CC(C)O)C(C)C. The van der Waals surface area contributed by atoms with Gasteiger partial charge >= 0.3 is 6.03 Å². The highest BCUT2D eigenvalue weighted by Crippen LogP contribution is 2.26. The van der Waals surface area contributed by atoms with E-state index in [1.54, 1.807) is 11.8 Å². The lowest BCUT2D eigenvalue weighted by molar-refractivity contribution is 0.125. The molecular formula is C17H28N2O3. The Labute approximate surface area is 133 Å². The van der Waals surface area contributed by atoms with Gasteiger partial charge in [-0.3, -0.25) is 0 Å². The maximum absolute atomic E-state index is 12.4. The van der Waals surface area contributed by atoms with E-state index in [0.29, 0.717) is 24.6 Å². The number of aliphatic hydroxyl groups is 1. The predicted molar refractivity (Wildman–Crippen MR) is 89.5 cm³/mol. The van der Waals surface area contributed by atoms with Gasteiger partial charge in [-0.25, -0.2) is 4.79 Å². The number of hydrogen-bond donors (Lipinski definition) is 2. The van der Waals surface area contributed by atoms with Crippen molar-refractivity contribution in [1.82, 2.24) is 4.90 Å². The Morgan fingerprint density at radius 2 is 2.05 bits per heavy atom. The highest BCUT2D eigenvalue weighted by atomic mass is 16.5. The summed E-state index contributed by atoms with van der Waals surface area (Å²) in [5, 5.41) is 12.4. The van der Waals surface area contributed by atoms with Gasteiger partial charge in [0.25, 0.3) is 0 Å². The number of amides is 2. The van der Waals surface area contributed by atoms with Gasteiger partial charge < -0.3 is 20.1 Å². The number of benzene rings is 1. The summed E-state index contributed by atoms with van der Waals surface area (Å²) in [5.41, 5.74) is 1.73. The van der Waals surface area contributed by atoms with Crippen molar-refractivity contribution in [3.05, 3.63) is 23.8 Å². The molecule has 0 aliphatic rings. The minimum atomic E-state index is -0.568. The Kier molecular flexibility index (Phi) is 7.18. The van der Waals surface area contributed by atoms with E-state index < -0.39 is 6.10 Å². The molecule has 0 saturated carbocycles. The number of aliphatic hydroxyl groups excluding tert-OH is 1. The minimum absolute atomic E-state index is 0.0000542. The summed E-state index contributed by atoms with van der Waals surface area (Å²) >= 11 is 0. The van der Waals surface area contributed by atoms with E-state index >= 15 is 0 Å². The molecule has 0 radical (unpaired) electrons. The minimum Gasteiger partial charge on any atom is -0.491 e. The van der Waals surface area contributed by atoms with Gasteiger partial charge in [-0.2, -0.15) is 0 Å². The number of nitrogens with one attached hydrogen (secondary N) is 1. The molecule has 0 heterocycles. The largest absolute Gasteiger partial charge is 0.491 e. The van der Waals surface area contributed by atoms with Crippen molar-refractivity contribution in [2.24, 2.45) is 0 Å². The number of urea groups is 1. The number of aryl methyl sites for hydroxylation is 1. The Morgan fingerprint density at radius 3 is 2.59 bits per heavy atom. The van der Waals surface area contributed by atoms with Gasteiger partial charge in [0.05, 0.1) is 18.4 Å². The summed E-state index contributed by atoms with van der Waals surface area (Å²) in [6, 6.07) is 5.46. The summed E-state index contributed by atoms with van der Waals surface area (Å²) in [6.45, 7) is 10.4. The topological polar surface area (TPSA) is 61.8 Å². The average molecular weight is 308 g/mol. The van der Waals surface area contributed by atoms with Gasteiger partial charge in [-0.1, -0.05) is 13.0 Å². The summed E-state index contributed by atoms with van der Waals surface area (Å²) in [6.07, 6.45) is 0.337. The van der Waals surface area contributed by atoms with E-state index in [2.05, 4.69) is 5.32 Å². The summed E-state index contributed by atoms with van der Waals surface area (Å²) in [7, 11) is 0. The smallest absolute Gasteiger partial charge is 0.322 e. The zero-order valence-corrected chi connectivity index (χ0v) is 14.2. The standard InChI is InChI=1S/C17H28N2O3/c1-6-9-22-16-10-13(4)7-8-15(16)18-17(21)19(12(2)3)11-14(5)20/h7-8,10,12,14,20H,6,9,11H2,1-5H3,(H,18,21). The molecular weight excluding hydrogens is 280 g/mol. The van der Waals surface area contributed by atoms with E-state index in [1.165, 1.54) is 0 Å². The zero-order valence-electron chi connectivity index (χ0n) is 14.2. The first-order chi connectivity index (χ1) is 10.3. The van der Waals surface area contributed by atoms with Crippen molar-refractivity contribution in [2.75, 3.05) is 18.5 Å². The Bertz CT molecular complexity index is 487. The van der Waals surface area contributed by atoms with Crippen LogP contribution in [-0.2, 0) is 0 Å². The van der Waals surface area contributed by atoms with Crippen LogP contribution >= 0.6 is 0 Å². The average Bonchev–Trinajstić information content (AvgIpc) is 2.44. The molecule has 2 amide bonds. The number of ether oxygens (including phenoxy) is 1. The lowest BCUT2D eigenvalue weighted by atomic mass is 10.2. The van der Waals surface area contributed by atoms with Crippen LogP contribution in [0.25, 0.3) is 0 Å². The monoisotopic (exact) mass is 308 g/mol. The Hall–Kier alpha value is -1.75. The lowest BCUT2D eigenvalue weighted by Crippen LogP contribution is -2.43. The first-order valence-corrected chi connectivity index (χ1v) is 7.84. The van der Waals surface area contributed by atoms with Gasteiger partial charge in [0.15, 0.2) is 0 Å². The number of carbonyl (C=O) groups is 1. The normalized spacial score (nSPS) is 12.1. The van der Waals surface area contributed by atoms with Crippen LogP contribution in [0.5, 0.6) is 5.75 Å². The van der Waals surface area contributed by atoms with Crippen molar-refractivity contribution < 1.29 is 14.6 Å². The van der Waals surface area contributed by atoms with Crippen molar-refractivity contribution in [1.29, 1.82) is 0 Å². The van der Waals surface area contributed by atoms with Crippen LogP contribution < -0.4 is 10.1 Å². The van der Waals surface area contributed by atoms with Gasteiger partial charge in [0, 0.05) is 12.6 Å². The Morgan fingerprint density at radius 1 is 1.36 bits per heavy atom. The molecule has 0 aliphatic carbocycles. The van der Waals surface area contributed by atoms with Crippen molar-refractivity contribution >= 4 is 11.7 Å². The van der Waals surface area contributed by atoms with Crippen LogP contribution in [0.15, 0.2) is 18.2 Å². The molecule has 0 fully saturated rings. The van der Waals surface area contributed by atoms with E-state index in [1.807, 2.05) is 45.9 Å². The fraction of sp³-hybridized carbons (Fsp3) is 0.588. The fourth-order valence-electron chi connectivity index (χ4n) is 2.06. The third kappa shape index (κ3) is 5.56. The highest BCUT2D eigenvalue weighted by Gasteiger charge is 2.20. The van der Waals surface area contributed by atoms with Crippen LogP contribution in [-0.4, -0.2) is 41.3 Å². The molecule has 0 aromatic heterocycles. The summed E-state index contributed by atoms with van der Waals surface area (Å²) in [4.78, 5) is 14.1. The van der Waals surface area contributed by atoms with E-state index in [-0.39, 0.29) is 12.1 Å². The first kappa shape index (κ1) is 18.3. The van der Waals surface area contributed by atoms with Crippen LogP contribution in [0.3, 0.4) is 0 Å². The lowest BCUT2D eigenvalue weighted by Gasteiger charge is -2.28. The maximum atomic E-state index is 12.4. The quantitative estimate of drug-likeness (QED) is 0.811. The maximum Gasteiger partial charge on any atom is 0.322 e. The van der Waals surface area contributed by atoms with Crippen molar-refractivity contribution in [3.63, 3.8) is 0 Å². The molecule has 124 valence electrons. The fourth-order valence-corrected chi connectivity index (χ4v) is 2.06. The van der Waals surface area contributed by atoms with Gasteiger partial charge in [0.2, 0.25) is 0 Å². The molecule has 1 rings (SSSR count). The summed E-state index contributed by atoms with van der Waals surface area (Å²) < 4.78 is 5.71. The molecule has 5 nitrogen and oxygen atoms in total. The first-order valence-electron chi connectivity index (χ1n) is 7.84. The highest BCUT2D eigenvalue weighted by molar-refractivity contribution is 5.91. The van der Waals surface area contributed by atoms with E-state index in [0.717, 1.165) is 12.0 Å². The number of anilines is 1. The van der Waals surface area contributed by atoms with Crippen LogP contribution in [0.2, 0.25) is 0 Å². The zero-order chi connectivity index (χ0) is 16.7. The third-order valence-electron chi connectivity index (χ3n) is 3.19. The molecule has 0 aliphatic heterocycles. The number of rotatable bonds is 7. The molecule has 22 heavy (non-hydrogen) atoms. The predicted octanol–water partition coefficient (Wildman–Crippen LogP) is 3.41. The molecule has 1 aromatic carbocycles. The van der Waals surface area contributed by atoms with Crippen LogP contribution in [0.1, 0.15) is 39.7 Å². The van der Waals surface area contributed by atoms with Crippen LogP contribution in [0.4, 0.5) is 10.5 Å². The van der Waals surface area contributed by atoms with E-state index in [9.17, 15) is 9.90 Å². The Balaban J connectivity index is 2.89. The third-order valence-corrected chi connectivity index (χ3v) is 3.19. The van der Waals surface area contributed by atoms with Crippen LogP contribution in [0, 0.1) is 6.92 Å². The second-order valence-electron chi connectivity index (χ2n) is 5.87. The molecule has 1 aromatic rings.